The number of benzene rings is 1. The summed E-state index contributed by atoms with van der Waals surface area (Å²) < 4.78 is 2.12. The normalized spacial score (nSPS) is 15.8. The molecule has 2 N–H and O–H groups in total. The van der Waals surface area contributed by atoms with Crippen molar-refractivity contribution in [1.29, 1.82) is 0 Å². The molecule has 1 aromatic carbocycles. The van der Waals surface area contributed by atoms with Gasteiger partial charge in [-0.15, -0.1) is 0 Å². The van der Waals surface area contributed by atoms with E-state index in [2.05, 4.69) is 11.5 Å². The van der Waals surface area contributed by atoms with E-state index in [4.69, 9.17) is 33.9 Å². The second-order valence-corrected chi connectivity index (χ2v) is 6.40. The van der Waals surface area contributed by atoms with Gasteiger partial charge in [-0.3, -0.25) is 0 Å². The minimum absolute atomic E-state index is 0.520. The van der Waals surface area contributed by atoms with Gasteiger partial charge in [-0.1, -0.05) is 36.0 Å². The summed E-state index contributed by atoms with van der Waals surface area (Å²) in [6.07, 6.45) is 4.95. The van der Waals surface area contributed by atoms with Crippen molar-refractivity contribution < 1.29 is 0 Å². The number of aromatic nitrogens is 2. The van der Waals surface area contributed by atoms with Crippen molar-refractivity contribution >= 4 is 29.0 Å². The maximum absolute atomic E-state index is 6.33. The molecule has 1 aliphatic carbocycles. The molecule has 0 amide bonds. The Morgan fingerprint density at radius 2 is 2.00 bits per heavy atom. The van der Waals surface area contributed by atoms with Crippen molar-refractivity contribution in [2.75, 3.05) is 5.73 Å². The first-order valence-corrected chi connectivity index (χ1v) is 8.18. The zero-order valence-corrected chi connectivity index (χ0v) is 13.6. The van der Waals surface area contributed by atoms with Gasteiger partial charge in [-0.05, 0) is 38.0 Å². The quantitative estimate of drug-likeness (QED) is 0.852. The largest absolute Gasteiger partial charge is 0.383 e. The SMILES string of the molecule is CCn1c(C2CCCC2)nc(-c2ccc(Cl)cc2Cl)c1N. The molecule has 0 atom stereocenters. The summed E-state index contributed by atoms with van der Waals surface area (Å²) in [5, 5.41) is 1.21. The Labute approximate surface area is 135 Å². The Bertz CT molecular complexity index is 658. The van der Waals surface area contributed by atoms with Gasteiger partial charge in [0.25, 0.3) is 0 Å². The monoisotopic (exact) mass is 323 g/mol. The van der Waals surface area contributed by atoms with E-state index >= 15 is 0 Å². The molecule has 2 aromatic rings. The summed E-state index contributed by atoms with van der Waals surface area (Å²) in [5.41, 5.74) is 7.96. The zero-order chi connectivity index (χ0) is 15.0. The van der Waals surface area contributed by atoms with Crippen LogP contribution in [0.3, 0.4) is 0 Å². The van der Waals surface area contributed by atoms with Crippen LogP contribution in [0.2, 0.25) is 10.0 Å². The summed E-state index contributed by atoms with van der Waals surface area (Å²) in [7, 11) is 0. The number of anilines is 1. The molecular weight excluding hydrogens is 305 g/mol. The highest BCUT2D eigenvalue weighted by Gasteiger charge is 2.25. The highest BCUT2D eigenvalue weighted by molar-refractivity contribution is 6.36. The number of imidazole rings is 1. The van der Waals surface area contributed by atoms with Gasteiger partial charge in [0.1, 0.15) is 17.3 Å². The van der Waals surface area contributed by atoms with Crippen molar-refractivity contribution in [1.82, 2.24) is 9.55 Å². The molecule has 5 heteroatoms. The van der Waals surface area contributed by atoms with Gasteiger partial charge in [0.2, 0.25) is 0 Å². The second-order valence-electron chi connectivity index (χ2n) is 5.55. The van der Waals surface area contributed by atoms with Crippen LogP contribution in [0.15, 0.2) is 18.2 Å². The van der Waals surface area contributed by atoms with Crippen molar-refractivity contribution in [3.63, 3.8) is 0 Å². The van der Waals surface area contributed by atoms with E-state index < -0.39 is 0 Å². The number of rotatable bonds is 3. The molecule has 3 rings (SSSR count). The third kappa shape index (κ3) is 2.65. The summed E-state index contributed by atoms with van der Waals surface area (Å²) in [6, 6.07) is 5.45. The fraction of sp³-hybridized carbons (Fsp3) is 0.438. The Kier molecular flexibility index (Phi) is 4.14. The van der Waals surface area contributed by atoms with Crippen LogP contribution < -0.4 is 5.73 Å². The maximum atomic E-state index is 6.33. The van der Waals surface area contributed by atoms with Crippen molar-refractivity contribution in [2.24, 2.45) is 0 Å². The molecule has 0 saturated heterocycles. The molecule has 112 valence electrons. The molecule has 0 unspecified atom stereocenters. The molecular formula is C16H19Cl2N3. The number of nitrogen functional groups attached to an aromatic ring is 1. The molecule has 0 radical (unpaired) electrons. The van der Waals surface area contributed by atoms with E-state index in [1.807, 2.05) is 12.1 Å². The number of hydrogen-bond donors (Lipinski definition) is 1. The smallest absolute Gasteiger partial charge is 0.131 e. The van der Waals surface area contributed by atoms with Gasteiger partial charge < -0.3 is 10.3 Å². The van der Waals surface area contributed by atoms with Gasteiger partial charge in [0.05, 0.1) is 5.02 Å². The summed E-state index contributed by atoms with van der Waals surface area (Å²) in [4.78, 5) is 4.83. The Hall–Kier alpha value is -1.19. The third-order valence-corrected chi connectivity index (χ3v) is 4.81. The molecule has 1 heterocycles. The number of nitrogens with two attached hydrogens (primary N) is 1. The Morgan fingerprint density at radius 3 is 2.62 bits per heavy atom. The molecule has 1 aromatic heterocycles. The van der Waals surface area contributed by atoms with E-state index in [9.17, 15) is 0 Å². The Balaban J connectivity index is 2.10. The molecule has 1 fully saturated rings. The predicted molar refractivity (Wildman–Crippen MR) is 89.0 cm³/mol. The fourth-order valence-electron chi connectivity index (χ4n) is 3.19. The van der Waals surface area contributed by atoms with E-state index in [0.29, 0.717) is 21.8 Å². The van der Waals surface area contributed by atoms with Crippen LogP contribution in [0.1, 0.15) is 44.3 Å². The van der Waals surface area contributed by atoms with Gasteiger partial charge >= 0.3 is 0 Å². The van der Waals surface area contributed by atoms with Gasteiger partial charge in [-0.25, -0.2) is 4.98 Å². The van der Waals surface area contributed by atoms with E-state index in [1.54, 1.807) is 6.07 Å². The van der Waals surface area contributed by atoms with Crippen LogP contribution in [0.25, 0.3) is 11.3 Å². The molecule has 0 spiro atoms. The zero-order valence-electron chi connectivity index (χ0n) is 12.1. The first-order valence-electron chi connectivity index (χ1n) is 7.43. The van der Waals surface area contributed by atoms with Crippen molar-refractivity contribution in [3.8, 4) is 11.3 Å². The average Bonchev–Trinajstić information content (AvgIpc) is 3.07. The lowest BCUT2D eigenvalue weighted by Crippen LogP contribution is -2.08. The van der Waals surface area contributed by atoms with E-state index in [1.165, 1.54) is 25.7 Å². The average molecular weight is 324 g/mol. The summed E-state index contributed by atoms with van der Waals surface area (Å²) in [6.45, 7) is 2.93. The Morgan fingerprint density at radius 1 is 1.29 bits per heavy atom. The highest BCUT2D eigenvalue weighted by Crippen LogP contribution is 2.39. The second kappa shape index (κ2) is 5.90. The predicted octanol–water partition coefficient (Wildman–Crippen LogP) is 5.12. The first-order chi connectivity index (χ1) is 10.1. The molecule has 1 aliphatic rings. The van der Waals surface area contributed by atoms with Crippen molar-refractivity contribution in [3.05, 3.63) is 34.1 Å². The number of halogens is 2. The lowest BCUT2D eigenvalue weighted by atomic mass is 10.1. The number of nitrogens with zero attached hydrogens (tertiary/aromatic N) is 2. The highest BCUT2D eigenvalue weighted by atomic mass is 35.5. The van der Waals surface area contributed by atoms with Gasteiger partial charge in [0, 0.05) is 23.0 Å². The van der Waals surface area contributed by atoms with Crippen LogP contribution in [0.4, 0.5) is 5.82 Å². The molecule has 1 saturated carbocycles. The van der Waals surface area contributed by atoms with Gasteiger partial charge in [-0.2, -0.15) is 0 Å². The fourth-order valence-corrected chi connectivity index (χ4v) is 3.69. The van der Waals surface area contributed by atoms with Crippen LogP contribution in [0, 0.1) is 0 Å². The number of hydrogen-bond acceptors (Lipinski definition) is 2. The van der Waals surface area contributed by atoms with Crippen LogP contribution in [0.5, 0.6) is 0 Å². The first kappa shape index (κ1) is 14.7. The third-order valence-electron chi connectivity index (χ3n) is 4.26. The maximum Gasteiger partial charge on any atom is 0.131 e. The molecule has 21 heavy (non-hydrogen) atoms. The minimum Gasteiger partial charge on any atom is -0.383 e. The minimum atomic E-state index is 0.520. The molecule has 0 aliphatic heterocycles. The molecule has 0 bridgehead atoms. The van der Waals surface area contributed by atoms with Crippen LogP contribution in [-0.2, 0) is 6.54 Å². The topological polar surface area (TPSA) is 43.8 Å². The van der Waals surface area contributed by atoms with Gasteiger partial charge in [0.15, 0.2) is 0 Å². The lowest BCUT2D eigenvalue weighted by Gasteiger charge is -2.11. The summed E-state index contributed by atoms with van der Waals surface area (Å²) in [5.74, 6) is 2.32. The van der Waals surface area contributed by atoms with Crippen molar-refractivity contribution in [2.45, 2.75) is 45.1 Å². The lowest BCUT2D eigenvalue weighted by molar-refractivity contribution is 0.604. The van der Waals surface area contributed by atoms with Crippen LogP contribution in [-0.4, -0.2) is 9.55 Å². The van der Waals surface area contributed by atoms with E-state index in [-0.39, 0.29) is 0 Å². The van der Waals surface area contributed by atoms with Crippen LogP contribution >= 0.6 is 23.2 Å². The van der Waals surface area contributed by atoms with E-state index in [0.717, 1.165) is 23.6 Å². The summed E-state index contributed by atoms with van der Waals surface area (Å²) >= 11 is 12.3. The molecule has 3 nitrogen and oxygen atoms in total. The standard InChI is InChI=1S/C16H19Cl2N3/c1-2-21-15(19)14(12-8-7-11(17)9-13(12)18)20-16(21)10-5-3-4-6-10/h7-10H,2-6,19H2,1H3.